The number of aryl methyl sites for hydroxylation is 1. The highest BCUT2D eigenvalue weighted by atomic mass is 16.5. The lowest BCUT2D eigenvalue weighted by atomic mass is 9.93. The minimum absolute atomic E-state index is 0.0213. The van der Waals surface area contributed by atoms with Crippen LogP contribution in [-0.4, -0.2) is 33.2 Å². The minimum Gasteiger partial charge on any atom is -0.493 e. The summed E-state index contributed by atoms with van der Waals surface area (Å²) < 4.78 is 10.6. The van der Waals surface area contributed by atoms with Gasteiger partial charge in [0.15, 0.2) is 11.5 Å². The Morgan fingerprint density at radius 1 is 1.07 bits per heavy atom. The van der Waals surface area contributed by atoms with Crippen LogP contribution in [0.15, 0.2) is 42.5 Å². The predicted octanol–water partition coefficient (Wildman–Crippen LogP) is 2.39. The molecular formula is C22H29N3O3. The number of carbonyl (C=O) groups is 1. The molecule has 1 amide bonds. The molecular weight excluding hydrogens is 354 g/mol. The molecule has 1 saturated heterocycles. The Balaban J connectivity index is 1.56. The lowest BCUT2D eigenvalue weighted by molar-refractivity contribution is -0.124. The summed E-state index contributed by atoms with van der Waals surface area (Å²) in [7, 11) is 3.24. The number of benzene rings is 2. The summed E-state index contributed by atoms with van der Waals surface area (Å²) in [5.41, 5.74) is 9.88. The average molecular weight is 383 g/mol. The first-order valence-corrected chi connectivity index (χ1v) is 9.72. The van der Waals surface area contributed by atoms with E-state index in [-0.39, 0.29) is 17.9 Å². The van der Waals surface area contributed by atoms with Crippen LogP contribution in [0.4, 0.5) is 0 Å². The van der Waals surface area contributed by atoms with E-state index >= 15 is 0 Å². The van der Waals surface area contributed by atoms with Crippen LogP contribution >= 0.6 is 0 Å². The molecule has 2 unspecified atom stereocenters. The van der Waals surface area contributed by atoms with E-state index in [1.165, 1.54) is 5.56 Å². The van der Waals surface area contributed by atoms with Crippen molar-refractivity contribution in [1.82, 2.24) is 16.2 Å². The Morgan fingerprint density at radius 3 is 2.46 bits per heavy atom. The molecule has 0 spiro atoms. The highest BCUT2D eigenvalue weighted by Gasteiger charge is 2.33. The van der Waals surface area contributed by atoms with Gasteiger partial charge >= 0.3 is 0 Å². The van der Waals surface area contributed by atoms with Crippen molar-refractivity contribution < 1.29 is 14.3 Å². The van der Waals surface area contributed by atoms with Crippen LogP contribution in [0.1, 0.15) is 29.7 Å². The number of methoxy groups -OCH3 is 2. The van der Waals surface area contributed by atoms with Gasteiger partial charge in [-0.05, 0) is 41.7 Å². The molecule has 1 heterocycles. The third-order valence-corrected chi connectivity index (χ3v) is 5.23. The van der Waals surface area contributed by atoms with E-state index in [4.69, 9.17) is 9.47 Å². The van der Waals surface area contributed by atoms with Crippen molar-refractivity contribution in [3.05, 3.63) is 59.2 Å². The molecule has 2 atom stereocenters. The van der Waals surface area contributed by atoms with Crippen LogP contribution in [0.3, 0.4) is 0 Å². The second-order valence-electron chi connectivity index (χ2n) is 6.93. The van der Waals surface area contributed by atoms with Crippen LogP contribution < -0.4 is 25.6 Å². The van der Waals surface area contributed by atoms with E-state index in [2.05, 4.69) is 47.4 Å². The van der Waals surface area contributed by atoms with Gasteiger partial charge in [0.05, 0.1) is 26.2 Å². The van der Waals surface area contributed by atoms with Crippen molar-refractivity contribution in [2.24, 2.45) is 5.92 Å². The molecule has 0 bridgehead atoms. The van der Waals surface area contributed by atoms with Crippen LogP contribution in [0, 0.1) is 5.92 Å². The first-order chi connectivity index (χ1) is 13.7. The number of hydrazine groups is 1. The first-order valence-electron chi connectivity index (χ1n) is 9.72. The van der Waals surface area contributed by atoms with E-state index < -0.39 is 0 Å². The number of hydrogen-bond acceptors (Lipinski definition) is 5. The highest BCUT2D eigenvalue weighted by Crippen LogP contribution is 2.28. The average Bonchev–Trinajstić information content (AvgIpc) is 3.23. The summed E-state index contributed by atoms with van der Waals surface area (Å²) >= 11 is 0. The predicted molar refractivity (Wildman–Crippen MR) is 109 cm³/mol. The number of nitrogens with one attached hydrogen (secondary N) is 3. The summed E-state index contributed by atoms with van der Waals surface area (Å²) in [5.74, 6) is 1.32. The largest absolute Gasteiger partial charge is 0.493 e. The quantitative estimate of drug-likeness (QED) is 0.653. The molecule has 6 heteroatoms. The fourth-order valence-corrected chi connectivity index (χ4v) is 3.51. The Bertz CT molecular complexity index is 792. The third-order valence-electron chi connectivity index (χ3n) is 5.23. The van der Waals surface area contributed by atoms with Crippen molar-refractivity contribution >= 4 is 5.91 Å². The lowest BCUT2D eigenvalue weighted by Crippen LogP contribution is -2.36. The van der Waals surface area contributed by atoms with Gasteiger partial charge in [-0.15, -0.1) is 0 Å². The first kappa shape index (κ1) is 20.2. The molecule has 1 aliphatic rings. The van der Waals surface area contributed by atoms with E-state index in [0.717, 1.165) is 24.0 Å². The fourth-order valence-electron chi connectivity index (χ4n) is 3.51. The number of amides is 1. The van der Waals surface area contributed by atoms with E-state index in [1.807, 2.05) is 18.2 Å². The topological polar surface area (TPSA) is 71.6 Å². The summed E-state index contributed by atoms with van der Waals surface area (Å²) in [5, 5.41) is 3.07. The van der Waals surface area contributed by atoms with E-state index in [9.17, 15) is 4.79 Å². The van der Waals surface area contributed by atoms with Gasteiger partial charge in [-0.3, -0.25) is 10.2 Å². The summed E-state index contributed by atoms with van der Waals surface area (Å²) in [4.78, 5) is 12.7. The third kappa shape index (κ3) is 4.64. The molecule has 1 fully saturated rings. The molecule has 0 saturated carbocycles. The molecule has 0 radical (unpaired) electrons. The smallest absolute Gasteiger partial charge is 0.226 e. The Labute approximate surface area is 166 Å². The number of ether oxygens (including phenoxy) is 2. The zero-order valence-electron chi connectivity index (χ0n) is 16.7. The van der Waals surface area contributed by atoms with Gasteiger partial charge in [-0.25, -0.2) is 5.43 Å². The van der Waals surface area contributed by atoms with E-state index in [0.29, 0.717) is 24.6 Å². The maximum absolute atomic E-state index is 12.7. The van der Waals surface area contributed by atoms with Crippen LogP contribution in [0.25, 0.3) is 0 Å². The Kier molecular flexibility index (Phi) is 6.90. The fraction of sp³-hybridized carbons (Fsp3) is 0.409. The lowest BCUT2D eigenvalue weighted by Gasteiger charge is -2.19. The van der Waals surface area contributed by atoms with Gasteiger partial charge < -0.3 is 14.8 Å². The van der Waals surface area contributed by atoms with Gasteiger partial charge in [-0.1, -0.05) is 37.3 Å². The molecule has 1 aliphatic heterocycles. The van der Waals surface area contributed by atoms with Gasteiger partial charge in [-0.2, -0.15) is 0 Å². The summed E-state index contributed by atoms with van der Waals surface area (Å²) in [6.07, 6.45) is 1.74. The van der Waals surface area contributed by atoms with Gasteiger partial charge in [0.2, 0.25) is 5.91 Å². The van der Waals surface area contributed by atoms with Crippen molar-refractivity contribution in [3.63, 3.8) is 0 Å². The zero-order chi connectivity index (χ0) is 19.9. The summed E-state index contributed by atoms with van der Waals surface area (Å²) in [6.45, 7) is 3.33. The van der Waals surface area contributed by atoms with Crippen molar-refractivity contribution in [1.29, 1.82) is 0 Å². The molecule has 2 aromatic carbocycles. The van der Waals surface area contributed by atoms with Crippen LogP contribution in [0.5, 0.6) is 11.5 Å². The van der Waals surface area contributed by atoms with Crippen molar-refractivity contribution in [2.45, 2.75) is 25.8 Å². The van der Waals surface area contributed by atoms with Crippen LogP contribution in [-0.2, 0) is 17.6 Å². The second kappa shape index (κ2) is 9.57. The molecule has 0 aromatic heterocycles. The standard InChI is InChI=1S/C22H29N3O3/c1-4-15-5-8-17(9-6-15)21-18(14-24-25-21)22(26)23-12-11-16-7-10-19(27-2)20(13-16)28-3/h5-10,13,18,21,24-25H,4,11-12,14H2,1-3H3,(H,23,26). The van der Waals surface area contributed by atoms with Crippen molar-refractivity contribution in [2.75, 3.05) is 27.3 Å². The van der Waals surface area contributed by atoms with Crippen LogP contribution in [0.2, 0.25) is 0 Å². The maximum Gasteiger partial charge on any atom is 0.226 e. The maximum atomic E-state index is 12.7. The Morgan fingerprint density at radius 2 is 1.79 bits per heavy atom. The molecule has 28 heavy (non-hydrogen) atoms. The zero-order valence-corrected chi connectivity index (χ0v) is 16.7. The van der Waals surface area contributed by atoms with Gasteiger partial charge in [0.1, 0.15) is 0 Å². The SMILES string of the molecule is CCc1ccc(C2NNCC2C(=O)NCCc2ccc(OC)c(OC)c2)cc1. The Hall–Kier alpha value is -2.57. The molecule has 3 rings (SSSR count). The minimum atomic E-state index is -0.141. The molecule has 3 N–H and O–H groups in total. The number of carbonyl (C=O) groups excluding carboxylic acids is 1. The van der Waals surface area contributed by atoms with Gasteiger partial charge in [0.25, 0.3) is 0 Å². The summed E-state index contributed by atoms with van der Waals surface area (Å²) in [6, 6.07) is 14.3. The molecule has 150 valence electrons. The molecule has 2 aromatic rings. The van der Waals surface area contributed by atoms with Crippen molar-refractivity contribution in [3.8, 4) is 11.5 Å². The highest BCUT2D eigenvalue weighted by molar-refractivity contribution is 5.80. The second-order valence-corrected chi connectivity index (χ2v) is 6.93. The monoisotopic (exact) mass is 383 g/mol. The normalized spacial score (nSPS) is 18.7. The molecule has 6 nitrogen and oxygen atoms in total. The molecule has 0 aliphatic carbocycles. The number of rotatable bonds is 8. The van der Waals surface area contributed by atoms with Gasteiger partial charge in [0, 0.05) is 13.1 Å². The number of hydrogen-bond donors (Lipinski definition) is 3. The van der Waals surface area contributed by atoms with E-state index in [1.54, 1.807) is 14.2 Å².